The van der Waals surface area contributed by atoms with Gasteiger partial charge in [0, 0.05) is 5.02 Å². The lowest BCUT2D eigenvalue weighted by atomic mass is 10.1. The highest BCUT2D eigenvalue weighted by Gasteiger charge is 2.29. The summed E-state index contributed by atoms with van der Waals surface area (Å²) in [6.07, 6.45) is -1.02. The number of halogens is 2. The van der Waals surface area contributed by atoms with Crippen molar-refractivity contribution in [2.45, 2.75) is 19.4 Å². The van der Waals surface area contributed by atoms with E-state index >= 15 is 0 Å². The number of anilines is 2. The van der Waals surface area contributed by atoms with Crippen LogP contribution in [0, 0.1) is 6.92 Å². The Hall–Kier alpha value is -2.24. The molecule has 2 N–H and O–H groups in total. The van der Waals surface area contributed by atoms with E-state index in [1.807, 2.05) is 19.1 Å². The van der Waals surface area contributed by atoms with E-state index in [0.29, 0.717) is 27.2 Å². The van der Waals surface area contributed by atoms with Gasteiger partial charge < -0.3 is 15.4 Å². The summed E-state index contributed by atoms with van der Waals surface area (Å²) < 4.78 is 5.63. The van der Waals surface area contributed by atoms with Crippen LogP contribution in [0.2, 0.25) is 10.0 Å². The van der Waals surface area contributed by atoms with Crippen molar-refractivity contribution in [3.05, 3.63) is 52.0 Å². The number of carbonyl (C=O) groups excluding carboxylic acids is 2. The molecule has 124 valence electrons. The molecule has 0 saturated carbocycles. The normalized spacial score (nSPS) is 16.0. The van der Waals surface area contributed by atoms with Crippen LogP contribution in [0.5, 0.6) is 5.75 Å². The Morgan fingerprint density at radius 3 is 2.79 bits per heavy atom. The second kappa shape index (κ2) is 6.71. The molecule has 1 aliphatic rings. The van der Waals surface area contributed by atoms with Gasteiger partial charge in [0.2, 0.25) is 5.91 Å². The van der Waals surface area contributed by atoms with Gasteiger partial charge in [-0.1, -0.05) is 29.3 Å². The predicted octanol–water partition coefficient (Wildman–Crippen LogP) is 4.03. The van der Waals surface area contributed by atoms with E-state index in [1.165, 1.54) is 6.07 Å². The van der Waals surface area contributed by atoms with Crippen molar-refractivity contribution in [3.63, 3.8) is 0 Å². The van der Waals surface area contributed by atoms with Crippen LogP contribution in [0.3, 0.4) is 0 Å². The van der Waals surface area contributed by atoms with Gasteiger partial charge in [-0.3, -0.25) is 9.59 Å². The molecular formula is C17H14Cl2N2O3. The van der Waals surface area contributed by atoms with Gasteiger partial charge in [-0.25, -0.2) is 0 Å². The fourth-order valence-corrected chi connectivity index (χ4v) is 2.81. The molecule has 1 atom stereocenters. The zero-order chi connectivity index (χ0) is 17.3. The molecule has 1 unspecified atom stereocenters. The molecule has 0 bridgehead atoms. The Balaban J connectivity index is 1.68. The van der Waals surface area contributed by atoms with Crippen molar-refractivity contribution < 1.29 is 14.3 Å². The summed E-state index contributed by atoms with van der Waals surface area (Å²) >= 11 is 11.8. The maximum absolute atomic E-state index is 12.2. The van der Waals surface area contributed by atoms with Crippen LogP contribution < -0.4 is 15.4 Å². The van der Waals surface area contributed by atoms with Crippen molar-refractivity contribution in [2.24, 2.45) is 0 Å². The van der Waals surface area contributed by atoms with Crippen LogP contribution in [0.25, 0.3) is 0 Å². The SMILES string of the molecule is Cc1ccc2c(c1)NC(=O)C(CC(=O)Nc1ccc(Cl)cc1Cl)O2. The molecule has 2 amide bonds. The highest BCUT2D eigenvalue weighted by Crippen LogP contribution is 2.31. The van der Waals surface area contributed by atoms with Crippen LogP contribution in [-0.2, 0) is 9.59 Å². The van der Waals surface area contributed by atoms with E-state index in [1.54, 1.807) is 18.2 Å². The summed E-state index contributed by atoms with van der Waals surface area (Å²) in [5.41, 5.74) is 2.04. The third-order valence-electron chi connectivity index (χ3n) is 3.53. The number of rotatable bonds is 3. The number of benzene rings is 2. The van der Waals surface area contributed by atoms with Gasteiger partial charge in [-0.15, -0.1) is 0 Å². The number of fused-ring (bicyclic) bond motifs is 1. The quantitative estimate of drug-likeness (QED) is 0.863. The zero-order valence-electron chi connectivity index (χ0n) is 12.7. The summed E-state index contributed by atoms with van der Waals surface area (Å²) in [5.74, 6) is -0.192. The lowest BCUT2D eigenvalue weighted by molar-refractivity contribution is -0.128. The third kappa shape index (κ3) is 3.63. The highest BCUT2D eigenvalue weighted by atomic mass is 35.5. The minimum Gasteiger partial charge on any atom is -0.478 e. The molecule has 0 aliphatic carbocycles. The van der Waals surface area contributed by atoms with Crippen LogP contribution >= 0.6 is 23.2 Å². The maximum atomic E-state index is 12.2. The molecule has 2 aromatic carbocycles. The lowest BCUT2D eigenvalue weighted by Crippen LogP contribution is -2.39. The topological polar surface area (TPSA) is 67.4 Å². The second-order valence-corrected chi connectivity index (χ2v) is 6.32. The van der Waals surface area contributed by atoms with E-state index < -0.39 is 6.10 Å². The van der Waals surface area contributed by atoms with Gasteiger partial charge in [0.05, 0.1) is 22.8 Å². The number of hydrogen-bond acceptors (Lipinski definition) is 3. The first-order chi connectivity index (χ1) is 11.4. The number of aryl methyl sites for hydroxylation is 1. The average molecular weight is 365 g/mol. The van der Waals surface area contributed by atoms with Crippen molar-refractivity contribution in [3.8, 4) is 5.75 Å². The Kier molecular flexibility index (Phi) is 4.64. The summed E-state index contributed by atoms with van der Waals surface area (Å²) in [7, 11) is 0. The molecule has 1 aliphatic heterocycles. The number of ether oxygens (including phenoxy) is 1. The highest BCUT2D eigenvalue weighted by molar-refractivity contribution is 6.36. The third-order valence-corrected chi connectivity index (χ3v) is 4.08. The first kappa shape index (κ1) is 16.6. The molecule has 0 fully saturated rings. The molecule has 3 rings (SSSR count). The zero-order valence-corrected chi connectivity index (χ0v) is 14.2. The van der Waals surface area contributed by atoms with Gasteiger partial charge >= 0.3 is 0 Å². The second-order valence-electron chi connectivity index (χ2n) is 5.47. The van der Waals surface area contributed by atoms with Crippen LogP contribution in [0.1, 0.15) is 12.0 Å². The smallest absolute Gasteiger partial charge is 0.266 e. The van der Waals surface area contributed by atoms with Gasteiger partial charge in [0.25, 0.3) is 5.91 Å². The Labute approximate surface area is 148 Å². The fourth-order valence-electron chi connectivity index (χ4n) is 2.36. The molecule has 1 heterocycles. The average Bonchev–Trinajstić information content (AvgIpc) is 2.51. The molecule has 5 nitrogen and oxygen atoms in total. The molecule has 0 radical (unpaired) electrons. The number of nitrogens with one attached hydrogen (secondary N) is 2. The van der Waals surface area contributed by atoms with Crippen LogP contribution in [0.4, 0.5) is 11.4 Å². The molecule has 7 heteroatoms. The fraction of sp³-hybridized carbons (Fsp3) is 0.176. The predicted molar refractivity (Wildman–Crippen MR) is 93.9 cm³/mol. The summed E-state index contributed by atoms with van der Waals surface area (Å²) in [6.45, 7) is 1.92. The first-order valence-electron chi connectivity index (χ1n) is 7.25. The first-order valence-corrected chi connectivity index (χ1v) is 8.01. The summed E-state index contributed by atoms with van der Waals surface area (Å²) in [4.78, 5) is 24.3. The van der Waals surface area contributed by atoms with Crippen LogP contribution in [0.15, 0.2) is 36.4 Å². The Bertz CT molecular complexity index is 823. The number of carbonyl (C=O) groups is 2. The summed E-state index contributed by atoms with van der Waals surface area (Å²) in [5, 5.41) is 6.20. The molecular weight excluding hydrogens is 351 g/mol. The van der Waals surface area contributed by atoms with Gasteiger partial charge in [-0.2, -0.15) is 0 Å². The van der Waals surface area contributed by atoms with E-state index in [-0.39, 0.29) is 18.2 Å². The minimum absolute atomic E-state index is 0.127. The van der Waals surface area contributed by atoms with Crippen molar-refractivity contribution >= 4 is 46.4 Å². The minimum atomic E-state index is -0.897. The lowest BCUT2D eigenvalue weighted by Gasteiger charge is -2.25. The van der Waals surface area contributed by atoms with Gasteiger partial charge in [0.15, 0.2) is 6.10 Å². The molecule has 2 aromatic rings. The van der Waals surface area contributed by atoms with E-state index in [0.717, 1.165) is 5.56 Å². The Morgan fingerprint density at radius 2 is 2.04 bits per heavy atom. The van der Waals surface area contributed by atoms with E-state index in [2.05, 4.69) is 10.6 Å². The number of amides is 2. The standard InChI is InChI=1S/C17H14Cl2N2O3/c1-9-2-5-14-13(6-9)21-17(23)15(24-14)8-16(22)20-12-4-3-10(18)7-11(12)19/h2-7,15H,8H2,1H3,(H,20,22)(H,21,23). The van der Waals surface area contributed by atoms with Crippen LogP contribution in [-0.4, -0.2) is 17.9 Å². The molecule has 24 heavy (non-hydrogen) atoms. The van der Waals surface area contributed by atoms with E-state index in [9.17, 15) is 9.59 Å². The van der Waals surface area contributed by atoms with E-state index in [4.69, 9.17) is 27.9 Å². The maximum Gasteiger partial charge on any atom is 0.266 e. The van der Waals surface area contributed by atoms with Crippen molar-refractivity contribution in [1.82, 2.24) is 0 Å². The van der Waals surface area contributed by atoms with Gasteiger partial charge in [-0.05, 0) is 42.8 Å². The van der Waals surface area contributed by atoms with Gasteiger partial charge in [0.1, 0.15) is 5.75 Å². The van der Waals surface area contributed by atoms with Crippen molar-refractivity contribution in [2.75, 3.05) is 10.6 Å². The summed E-state index contributed by atoms with van der Waals surface area (Å²) in [6, 6.07) is 10.2. The molecule has 0 spiro atoms. The molecule has 0 aromatic heterocycles. The van der Waals surface area contributed by atoms with Crippen molar-refractivity contribution in [1.29, 1.82) is 0 Å². The monoisotopic (exact) mass is 364 g/mol. The number of hydrogen-bond donors (Lipinski definition) is 2. The molecule has 0 saturated heterocycles. The Morgan fingerprint density at radius 1 is 1.25 bits per heavy atom. The largest absolute Gasteiger partial charge is 0.478 e.